The summed E-state index contributed by atoms with van der Waals surface area (Å²) in [6, 6.07) is 1.50. The molecule has 0 bridgehead atoms. The van der Waals surface area contributed by atoms with Crippen molar-refractivity contribution < 1.29 is 18.3 Å². The maximum absolute atomic E-state index is 10.4. The molecule has 1 heterocycles. The minimum Gasteiger partial charge on any atom is -0.478 e. The molecule has 0 saturated carbocycles. The number of aromatic nitrogens is 1. The molecule has 0 aliphatic rings. The van der Waals surface area contributed by atoms with Crippen LogP contribution in [0, 0.1) is 0 Å². The van der Waals surface area contributed by atoms with Gasteiger partial charge in [-0.15, -0.1) is 0 Å². The van der Waals surface area contributed by atoms with Gasteiger partial charge in [0.1, 0.15) is 0 Å². The minimum absolute atomic E-state index is 0.529. The van der Waals surface area contributed by atoms with E-state index in [2.05, 4.69) is 0 Å². The fourth-order valence-corrected chi connectivity index (χ4v) is 1.17. The van der Waals surface area contributed by atoms with Gasteiger partial charge in [0.2, 0.25) is 10.9 Å². The van der Waals surface area contributed by atoms with Crippen LogP contribution in [0.4, 0.5) is 0 Å². The second kappa shape index (κ2) is 3.90. The molecule has 0 saturated heterocycles. The highest BCUT2D eigenvalue weighted by molar-refractivity contribution is 7.70. The lowest BCUT2D eigenvalue weighted by Crippen LogP contribution is -1.89. The lowest BCUT2D eigenvalue weighted by molar-refractivity contribution is -0.131. The summed E-state index contributed by atoms with van der Waals surface area (Å²) in [7, 11) is -2.67. The standard InChI is InChI=1S/C7H7NO4S/c9-7(10)2-1-6-3-4-8(5-6)13(11)12/h1-5,13H,(H,9,10)/b2-1+. The second-order valence-electron chi connectivity index (χ2n) is 2.23. The van der Waals surface area contributed by atoms with Gasteiger partial charge in [-0.1, -0.05) is 0 Å². The molecule has 0 aromatic carbocycles. The Kier molecular flexibility index (Phi) is 2.86. The molecule has 6 heteroatoms. The number of carbonyl (C=O) groups is 1. The number of nitrogens with zero attached hydrogens (tertiary/aromatic N) is 1. The molecule has 13 heavy (non-hydrogen) atoms. The van der Waals surface area contributed by atoms with Gasteiger partial charge >= 0.3 is 5.97 Å². The summed E-state index contributed by atoms with van der Waals surface area (Å²) in [5, 5.41) is 8.28. The summed E-state index contributed by atoms with van der Waals surface area (Å²) >= 11 is 0. The molecule has 70 valence electrons. The molecule has 1 aromatic heterocycles. The number of rotatable bonds is 3. The van der Waals surface area contributed by atoms with Gasteiger partial charge in [0.05, 0.1) is 0 Å². The third-order valence-electron chi connectivity index (χ3n) is 1.31. The van der Waals surface area contributed by atoms with Crippen LogP contribution in [0.25, 0.3) is 6.08 Å². The summed E-state index contributed by atoms with van der Waals surface area (Å²) in [5.74, 6) is -1.07. The molecular formula is C7H7NO4S. The summed E-state index contributed by atoms with van der Waals surface area (Å²) in [6.45, 7) is 0. The Morgan fingerprint density at radius 2 is 2.23 bits per heavy atom. The van der Waals surface area contributed by atoms with Crippen molar-refractivity contribution in [3.8, 4) is 0 Å². The Hall–Kier alpha value is -1.56. The SMILES string of the molecule is O=C(O)/C=C/c1ccn([SH](=O)=O)c1. The van der Waals surface area contributed by atoms with E-state index in [0.29, 0.717) is 5.56 Å². The number of aliphatic carboxylic acids is 1. The Balaban J connectivity index is 2.86. The van der Waals surface area contributed by atoms with Crippen LogP contribution < -0.4 is 0 Å². The van der Waals surface area contributed by atoms with Gasteiger partial charge in [0, 0.05) is 18.5 Å². The van der Waals surface area contributed by atoms with Crippen LogP contribution in [0.3, 0.4) is 0 Å². The number of hydrogen-bond donors (Lipinski definition) is 2. The molecule has 5 nitrogen and oxygen atoms in total. The minimum atomic E-state index is -2.67. The second-order valence-corrected chi connectivity index (χ2v) is 3.17. The summed E-state index contributed by atoms with van der Waals surface area (Å²) < 4.78 is 21.8. The highest BCUT2D eigenvalue weighted by Crippen LogP contribution is 2.02. The van der Waals surface area contributed by atoms with Gasteiger partial charge < -0.3 is 5.11 Å². The predicted molar refractivity (Wildman–Crippen MR) is 46.8 cm³/mol. The van der Waals surface area contributed by atoms with E-state index in [-0.39, 0.29) is 0 Å². The van der Waals surface area contributed by atoms with E-state index in [9.17, 15) is 13.2 Å². The van der Waals surface area contributed by atoms with Gasteiger partial charge in [-0.25, -0.2) is 13.2 Å². The van der Waals surface area contributed by atoms with Crippen molar-refractivity contribution in [1.82, 2.24) is 3.97 Å². The first kappa shape index (κ1) is 9.53. The first-order valence-corrected chi connectivity index (χ1v) is 4.46. The van der Waals surface area contributed by atoms with Crippen LogP contribution in [0.1, 0.15) is 5.56 Å². The number of hydrogen-bond acceptors (Lipinski definition) is 3. The first-order valence-electron chi connectivity index (χ1n) is 3.33. The van der Waals surface area contributed by atoms with E-state index in [1.807, 2.05) is 0 Å². The zero-order chi connectivity index (χ0) is 9.84. The van der Waals surface area contributed by atoms with E-state index in [1.165, 1.54) is 24.5 Å². The third-order valence-corrected chi connectivity index (χ3v) is 1.93. The van der Waals surface area contributed by atoms with Crippen molar-refractivity contribution in [1.29, 1.82) is 0 Å². The summed E-state index contributed by atoms with van der Waals surface area (Å²) in [6.07, 6.45) is 4.92. The maximum Gasteiger partial charge on any atom is 0.328 e. The van der Waals surface area contributed by atoms with Crippen LogP contribution >= 0.6 is 0 Å². The smallest absolute Gasteiger partial charge is 0.328 e. The van der Waals surface area contributed by atoms with E-state index in [0.717, 1.165) is 10.0 Å². The average molecular weight is 201 g/mol. The molecule has 0 fully saturated rings. The van der Waals surface area contributed by atoms with Gasteiger partial charge in [-0.2, -0.15) is 0 Å². The fourth-order valence-electron chi connectivity index (χ4n) is 0.769. The molecule has 0 unspecified atom stereocenters. The molecule has 1 N–H and O–H groups in total. The quantitative estimate of drug-likeness (QED) is 0.531. The Morgan fingerprint density at radius 3 is 2.69 bits per heavy atom. The van der Waals surface area contributed by atoms with Crippen LogP contribution in [0.2, 0.25) is 0 Å². The highest BCUT2D eigenvalue weighted by Gasteiger charge is 1.94. The lowest BCUT2D eigenvalue weighted by Gasteiger charge is -1.84. The average Bonchev–Trinajstić information content (AvgIpc) is 2.48. The zero-order valence-corrected chi connectivity index (χ0v) is 7.35. The molecule has 1 rings (SSSR count). The molecule has 0 atom stereocenters. The Labute approximate surface area is 76.0 Å². The highest BCUT2D eigenvalue weighted by atomic mass is 32.2. The van der Waals surface area contributed by atoms with E-state index in [1.54, 1.807) is 0 Å². The van der Waals surface area contributed by atoms with E-state index in [4.69, 9.17) is 5.11 Å². The van der Waals surface area contributed by atoms with Gasteiger partial charge in [-0.05, 0) is 17.7 Å². The normalized spacial score (nSPS) is 11.2. The van der Waals surface area contributed by atoms with Crippen LogP contribution in [0.15, 0.2) is 24.5 Å². The van der Waals surface area contributed by atoms with Crippen molar-refractivity contribution in [2.24, 2.45) is 0 Å². The van der Waals surface area contributed by atoms with E-state index >= 15 is 0 Å². The van der Waals surface area contributed by atoms with Crippen molar-refractivity contribution in [2.45, 2.75) is 0 Å². The zero-order valence-electron chi connectivity index (χ0n) is 6.45. The number of thiol groups is 1. The van der Waals surface area contributed by atoms with Crippen LogP contribution in [-0.4, -0.2) is 23.5 Å². The number of carboxylic acids is 1. The van der Waals surface area contributed by atoms with Crippen molar-refractivity contribution in [3.05, 3.63) is 30.1 Å². The molecular weight excluding hydrogens is 194 g/mol. The Morgan fingerprint density at radius 1 is 1.54 bits per heavy atom. The molecule has 0 aliphatic carbocycles. The summed E-state index contributed by atoms with van der Waals surface area (Å²) in [5.41, 5.74) is 0.529. The molecule has 0 aliphatic heterocycles. The van der Waals surface area contributed by atoms with Crippen LogP contribution in [0.5, 0.6) is 0 Å². The van der Waals surface area contributed by atoms with Crippen molar-refractivity contribution >= 4 is 22.9 Å². The van der Waals surface area contributed by atoms with Crippen molar-refractivity contribution in [3.63, 3.8) is 0 Å². The molecule has 1 aromatic rings. The first-order chi connectivity index (χ1) is 6.09. The monoisotopic (exact) mass is 201 g/mol. The molecule has 0 radical (unpaired) electrons. The van der Waals surface area contributed by atoms with Crippen molar-refractivity contribution in [2.75, 3.05) is 0 Å². The summed E-state index contributed by atoms with van der Waals surface area (Å²) in [4.78, 5) is 10.1. The maximum atomic E-state index is 10.4. The van der Waals surface area contributed by atoms with Gasteiger partial charge in [-0.3, -0.25) is 3.97 Å². The molecule has 0 spiro atoms. The van der Waals surface area contributed by atoms with Crippen LogP contribution in [-0.2, 0) is 15.7 Å². The fraction of sp³-hybridized carbons (Fsp3) is 0. The van der Waals surface area contributed by atoms with E-state index < -0.39 is 16.9 Å². The van der Waals surface area contributed by atoms with Gasteiger partial charge in [0.15, 0.2) is 0 Å². The predicted octanol–water partition coefficient (Wildman–Crippen LogP) is -0.0396. The number of carboxylic acid groups (broad SMARTS) is 1. The lowest BCUT2D eigenvalue weighted by atomic mass is 10.3. The largest absolute Gasteiger partial charge is 0.478 e. The Bertz CT molecular complexity index is 408. The third kappa shape index (κ3) is 2.75. The molecule has 0 amide bonds. The van der Waals surface area contributed by atoms with Gasteiger partial charge in [0.25, 0.3) is 0 Å². The topological polar surface area (TPSA) is 76.4 Å².